The first-order chi connectivity index (χ1) is 14.0. The highest BCUT2D eigenvalue weighted by molar-refractivity contribution is 6.15. The summed E-state index contributed by atoms with van der Waals surface area (Å²) in [5, 5.41) is 15.8. The number of nitrogens with one attached hydrogen (secondary N) is 1. The number of aromatic hydroxyl groups is 1. The topological polar surface area (TPSA) is 62.0 Å². The summed E-state index contributed by atoms with van der Waals surface area (Å²) in [4.78, 5) is 7.40. The van der Waals surface area contributed by atoms with Crippen molar-refractivity contribution in [2.75, 3.05) is 38.2 Å². The number of aliphatic imine (C=N–C) groups is 1. The number of rotatable bonds is 5. The molecule has 1 aromatic carbocycles. The van der Waals surface area contributed by atoms with E-state index in [4.69, 9.17) is 9.73 Å². The maximum Gasteiger partial charge on any atom is 0.201 e. The number of nitrogens with zero attached hydrogens (tertiary/aromatic N) is 3. The maximum atomic E-state index is 11.2. The molecule has 1 aromatic heterocycles. The fourth-order valence-corrected chi connectivity index (χ4v) is 4.69. The molecule has 0 unspecified atom stereocenters. The predicted molar refractivity (Wildman–Crippen MR) is 120 cm³/mol. The third-order valence-corrected chi connectivity index (χ3v) is 5.99. The number of hydrogen-bond acceptors (Lipinski definition) is 5. The smallest absolute Gasteiger partial charge is 0.201 e. The second kappa shape index (κ2) is 8.36. The lowest BCUT2D eigenvalue weighted by atomic mass is 10.0. The second-order valence-electron chi connectivity index (χ2n) is 8.84. The molecule has 1 saturated heterocycles. The molecule has 29 heavy (non-hydrogen) atoms. The highest BCUT2D eigenvalue weighted by Gasteiger charge is 2.29. The van der Waals surface area contributed by atoms with Gasteiger partial charge in [0.2, 0.25) is 5.88 Å². The van der Waals surface area contributed by atoms with Crippen LogP contribution >= 0.6 is 0 Å². The highest BCUT2D eigenvalue weighted by atomic mass is 16.5. The number of fused-ring (bicyclic) bond motifs is 1. The maximum absolute atomic E-state index is 11.2. The van der Waals surface area contributed by atoms with Gasteiger partial charge in [-0.1, -0.05) is 0 Å². The quantitative estimate of drug-likeness (QED) is 0.798. The van der Waals surface area contributed by atoms with E-state index in [0.717, 1.165) is 73.6 Å². The highest BCUT2D eigenvalue weighted by Crippen LogP contribution is 2.37. The van der Waals surface area contributed by atoms with E-state index in [0.29, 0.717) is 18.0 Å². The summed E-state index contributed by atoms with van der Waals surface area (Å²) in [7, 11) is 0. The molecule has 0 saturated carbocycles. The van der Waals surface area contributed by atoms with E-state index in [1.807, 2.05) is 4.57 Å². The van der Waals surface area contributed by atoms with Gasteiger partial charge >= 0.3 is 0 Å². The normalized spacial score (nSPS) is 19.3. The van der Waals surface area contributed by atoms with Gasteiger partial charge in [-0.2, -0.15) is 0 Å². The third-order valence-electron chi connectivity index (χ3n) is 5.99. The van der Waals surface area contributed by atoms with Crippen molar-refractivity contribution in [2.45, 2.75) is 58.7 Å². The molecule has 1 fully saturated rings. The Bertz CT molecular complexity index is 894. The molecule has 6 nitrogen and oxygen atoms in total. The lowest BCUT2D eigenvalue weighted by Crippen LogP contribution is -2.46. The molecule has 4 rings (SSSR count). The molecule has 6 heteroatoms. The van der Waals surface area contributed by atoms with Crippen LogP contribution in [0.3, 0.4) is 0 Å². The molecule has 2 N–H and O–H groups in total. The monoisotopic (exact) mass is 398 g/mol. The van der Waals surface area contributed by atoms with Gasteiger partial charge in [-0.25, -0.2) is 0 Å². The molecule has 0 aliphatic carbocycles. The van der Waals surface area contributed by atoms with Crippen molar-refractivity contribution in [3.63, 3.8) is 0 Å². The number of ether oxygens (including phenoxy) is 1. The van der Waals surface area contributed by atoms with Gasteiger partial charge in [-0.05, 0) is 58.7 Å². The van der Waals surface area contributed by atoms with Crippen LogP contribution in [-0.4, -0.2) is 65.2 Å². The molecular weight excluding hydrogens is 364 g/mol. The van der Waals surface area contributed by atoms with Crippen molar-refractivity contribution in [3.05, 3.63) is 23.8 Å². The average Bonchev–Trinajstić information content (AvgIpc) is 2.99. The summed E-state index contributed by atoms with van der Waals surface area (Å²) in [6, 6.07) is 7.45. The summed E-state index contributed by atoms with van der Waals surface area (Å²) in [6.45, 7) is 12.7. The van der Waals surface area contributed by atoms with E-state index in [1.54, 1.807) is 0 Å². The van der Waals surface area contributed by atoms with Gasteiger partial charge < -0.3 is 19.7 Å². The van der Waals surface area contributed by atoms with E-state index >= 15 is 0 Å². The Morgan fingerprint density at radius 2 is 1.93 bits per heavy atom. The zero-order valence-electron chi connectivity index (χ0n) is 18.1. The fourth-order valence-electron chi connectivity index (χ4n) is 4.69. The van der Waals surface area contributed by atoms with Crippen LogP contribution in [0.1, 0.15) is 52.1 Å². The van der Waals surface area contributed by atoms with Crippen LogP contribution in [0.15, 0.2) is 23.2 Å². The Morgan fingerprint density at radius 3 is 2.62 bits per heavy atom. The van der Waals surface area contributed by atoms with Crippen molar-refractivity contribution in [1.82, 2.24) is 9.47 Å². The first-order valence-electron chi connectivity index (χ1n) is 10.9. The molecule has 0 atom stereocenters. The molecule has 0 spiro atoms. The molecule has 0 bridgehead atoms. The van der Waals surface area contributed by atoms with Gasteiger partial charge in [0.25, 0.3) is 0 Å². The summed E-state index contributed by atoms with van der Waals surface area (Å²) >= 11 is 0. The van der Waals surface area contributed by atoms with Gasteiger partial charge in [0.05, 0.1) is 23.3 Å². The van der Waals surface area contributed by atoms with E-state index < -0.39 is 0 Å². The minimum Gasteiger partial charge on any atom is -0.494 e. The number of benzene rings is 1. The zero-order chi connectivity index (χ0) is 20.5. The second-order valence-corrected chi connectivity index (χ2v) is 8.84. The average molecular weight is 399 g/mol. The molecule has 2 aliphatic heterocycles. The molecular formula is C23H34N4O2. The van der Waals surface area contributed by atoms with E-state index in [-0.39, 0.29) is 6.04 Å². The van der Waals surface area contributed by atoms with Gasteiger partial charge in [0.15, 0.2) is 0 Å². The number of hydrogen-bond donors (Lipinski definition) is 2. The molecule has 2 aliphatic rings. The first kappa shape index (κ1) is 20.2. The number of anilines is 1. The molecule has 3 heterocycles. The summed E-state index contributed by atoms with van der Waals surface area (Å²) < 4.78 is 7.57. The predicted octanol–water partition coefficient (Wildman–Crippen LogP) is 4.03. The molecule has 2 aromatic rings. The minimum absolute atomic E-state index is 0.172. The van der Waals surface area contributed by atoms with Crippen LogP contribution in [0.2, 0.25) is 0 Å². The SMILES string of the molecule is CC(C)Nc1ccc2c(c1)c(C1=NCCN(C3CCOCC3)C1)c(O)n2C(C)C. The van der Waals surface area contributed by atoms with Crippen LogP contribution in [0.5, 0.6) is 5.88 Å². The molecule has 0 amide bonds. The van der Waals surface area contributed by atoms with Gasteiger partial charge in [0.1, 0.15) is 0 Å². The van der Waals surface area contributed by atoms with Crippen molar-refractivity contribution in [1.29, 1.82) is 0 Å². The van der Waals surface area contributed by atoms with Crippen molar-refractivity contribution < 1.29 is 9.84 Å². The molecule has 158 valence electrons. The zero-order valence-corrected chi connectivity index (χ0v) is 18.1. The Balaban J connectivity index is 1.75. The standard InChI is InChI=1S/C23H34N4O2/c1-15(2)25-17-5-6-21-19(13-17)22(23(28)27(21)16(3)4)20-14-26(10-9-24-20)18-7-11-29-12-8-18/h5-6,13,15-16,18,25,28H,7-12,14H2,1-4H3. The Kier molecular flexibility index (Phi) is 5.83. The molecule has 0 radical (unpaired) electrons. The van der Waals surface area contributed by atoms with Gasteiger partial charge in [0, 0.05) is 55.5 Å². The van der Waals surface area contributed by atoms with E-state index in [2.05, 4.69) is 56.1 Å². The fraction of sp³-hybridized carbons (Fsp3) is 0.609. The van der Waals surface area contributed by atoms with E-state index in [9.17, 15) is 5.11 Å². The summed E-state index contributed by atoms with van der Waals surface area (Å²) in [6.07, 6.45) is 2.16. The van der Waals surface area contributed by atoms with Crippen molar-refractivity contribution in [3.8, 4) is 5.88 Å². The minimum atomic E-state index is 0.172. The van der Waals surface area contributed by atoms with Crippen LogP contribution in [0.25, 0.3) is 10.9 Å². The van der Waals surface area contributed by atoms with Crippen LogP contribution in [0.4, 0.5) is 5.69 Å². The van der Waals surface area contributed by atoms with Crippen molar-refractivity contribution >= 4 is 22.3 Å². The van der Waals surface area contributed by atoms with Crippen LogP contribution in [-0.2, 0) is 4.74 Å². The Hall–Kier alpha value is -2.05. The lowest BCUT2D eigenvalue weighted by Gasteiger charge is -2.36. The van der Waals surface area contributed by atoms with Crippen LogP contribution in [0, 0.1) is 0 Å². The summed E-state index contributed by atoms with van der Waals surface area (Å²) in [5.41, 5.74) is 4.05. The van der Waals surface area contributed by atoms with Crippen molar-refractivity contribution in [2.24, 2.45) is 4.99 Å². The first-order valence-corrected chi connectivity index (χ1v) is 10.9. The Morgan fingerprint density at radius 1 is 1.17 bits per heavy atom. The lowest BCUT2D eigenvalue weighted by molar-refractivity contribution is 0.0393. The van der Waals surface area contributed by atoms with Gasteiger partial charge in [-0.15, -0.1) is 0 Å². The summed E-state index contributed by atoms with van der Waals surface area (Å²) in [5.74, 6) is 0.337. The van der Waals surface area contributed by atoms with Crippen LogP contribution < -0.4 is 5.32 Å². The van der Waals surface area contributed by atoms with E-state index in [1.165, 1.54) is 0 Å². The Labute approximate surface area is 173 Å². The van der Waals surface area contributed by atoms with Gasteiger partial charge in [-0.3, -0.25) is 9.89 Å². The largest absolute Gasteiger partial charge is 0.494 e. The third kappa shape index (κ3) is 4.01. The number of aromatic nitrogens is 1.